The third-order valence-corrected chi connectivity index (χ3v) is 4.28. The van der Waals surface area contributed by atoms with Crippen LogP contribution in [-0.4, -0.2) is 67.3 Å². The third kappa shape index (κ3) is 2.47. The van der Waals surface area contributed by atoms with Crippen LogP contribution in [0.25, 0.3) is 0 Å². The minimum Gasteiger partial charge on any atom is -0.378 e. The van der Waals surface area contributed by atoms with Crippen LogP contribution in [-0.2, 0) is 4.74 Å². The fourth-order valence-electron chi connectivity index (χ4n) is 3.26. The third-order valence-electron chi connectivity index (χ3n) is 4.28. The van der Waals surface area contributed by atoms with Crippen molar-refractivity contribution < 1.29 is 9.53 Å². The van der Waals surface area contributed by atoms with Gasteiger partial charge in [-0.05, 0) is 25.7 Å². The van der Waals surface area contributed by atoms with Gasteiger partial charge in [0.25, 0.3) is 0 Å². The largest absolute Gasteiger partial charge is 0.378 e. The fraction of sp³-hybridized carbons (Fsp3) is 0.923. The molecule has 3 saturated heterocycles. The Morgan fingerprint density at radius 3 is 3.17 bits per heavy atom. The van der Waals surface area contributed by atoms with Gasteiger partial charge < -0.3 is 19.9 Å². The van der Waals surface area contributed by atoms with Gasteiger partial charge in [-0.2, -0.15) is 0 Å². The minimum atomic E-state index is 0.244. The Bertz CT molecular complexity index is 305. The summed E-state index contributed by atoms with van der Waals surface area (Å²) in [5.74, 6) is 0. The maximum absolute atomic E-state index is 12.2. The van der Waals surface area contributed by atoms with Gasteiger partial charge in [-0.25, -0.2) is 4.79 Å². The van der Waals surface area contributed by atoms with Crippen LogP contribution in [0.15, 0.2) is 0 Å². The van der Waals surface area contributed by atoms with Crippen LogP contribution in [0.3, 0.4) is 0 Å². The molecule has 0 aliphatic carbocycles. The van der Waals surface area contributed by atoms with E-state index in [-0.39, 0.29) is 6.03 Å². The van der Waals surface area contributed by atoms with Crippen LogP contribution in [0.5, 0.6) is 0 Å². The number of hydrogen-bond acceptors (Lipinski definition) is 3. The highest BCUT2D eigenvalue weighted by Gasteiger charge is 2.37. The molecule has 5 heteroatoms. The van der Waals surface area contributed by atoms with Gasteiger partial charge in [-0.15, -0.1) is 0 Å². The van der Waals surface area contributed by atoms with E-state index >= 15 is 0 Å². The van der Waals surface area contributed by atoms with Crippen LogP contribution in [0, 0.1) is 0 Å². The van der Waals surface area contributed by atoms with Crippen molar-refractivity contribution in [1.29, 1.82) is 0 Å². The van der Waals surface area contributed by atoms with Gasteiger partial charge in [0.2, 0.25) is 0 Å². The molecule has 0 bridgehead atoms. The number of nitrogens with zero attached hydrogens (tertiary/aromatic N) is 2. The van der Waals surface area contributed by atoms with E-state index in [2.05, 4.69) is 5.32 Å². The molecule has 3 aliphatic rings. The molecule has 2 unspecified atom stereocenters. The SMILES string of the molecule is O=C1N(CCCC2CCCO2)CC2CNCCN12. The van der Waals surface area contributed by atoms with Crippen molar-refractivity contribution in [3.63, 3.8) is 0 Å². The first-order valence-electron chi connectivity index (χ1n) is 7.22. The van der Waals surface area contributed by atoms with Crippen molar-refractivity contribution in [2.45, 2.75) is 37.8 Å². The lowest BCUT2D eigenvalue weighted by molar-refractivity contribution is 0.100. The number of hydrogen-bond donors (Lipinski definition) is 1. The van der Waals surface area contributed by atoms with E-state index in [0.29, 0.717) is 12.1 Å². The average Bonchev–Trinajstić information content (AvgIpc) is 3.00. The molecule has 0 aromatic heterocycles. The number of amides is 2. The topological polar surface area (TPSA) is 44.8 Å². The number of urea groups is 1. The van der Waals surface area contributed by atoms with Crippen LogP contribution >= 0.6 is 0 Å². The predicted molar refractivity (Wildman–Crippen MR) is 68.5 cm³/mol. The Morgan fingerprint density at radius 1 is 1.44 bits per heavy atom. The van der Waals surface area contributed by atoms with Crippen molar-refractivity contribution in [2.75, 3.05) is 39.3 Å². The summed E-state index contributed by atoms with van der Waals surface area (Å²) in [6, 6.07) is 0.642. The van der Waals surface area contributed by atoms with E-state index in [4.69, 9.17) is 4.74 Å². The number of rotatable bonds is 4. The summed E-state index contributed by atoms with van der Waals surface area (Å²) in [7, 11) is 0. The molecule has 3 fully saturated rings. The zero-order chi connectivity index (χ0) is 12.4. The van der Waals surface area contributed by atoms with E-state index in [1.165, 1.54) is 12.8 Å². The molecule has 0 spiro atoms. The van der Waals surface area contributed by atoms with E-state index in [1.807, 2.05) is 9.80 Å². The Balaban J connectivity index is 1.43. The molecule has 0 saturated carbocycles. The summed E-state index contributed by atoms with van der Waals surface area (Å²) in [6.07, 6.45) is 5.03. The molecule has 3 aliphatic heterocycles. The standard InChI is InChI=1S/C13H23N3O2/c17-13-15(6-1-3-12-4-2-8-18-12)10-11-9-14-5-7-16(11)13/h11-12,14H,1-10H2. The zero-order valence-corrected chi connectivity index (χ0v) is 10.9. The van der Waals surface area contributed by atoms with Crippen LogP contribution in [0.4, 0.5) is 4.79 Å². The van der Waals surface area contributed by atoms with Crippen molar-refractivity contribution in [2.24, 2.45) is 0 Å². The van der Waals surface area contributed by atoms with Crippen LogP contribution in [0.1, 0.15) is 25.7 Å². The number of ether oxygens (including phenoxy) is 1. The van der Waals surface area contributed by atoms with Gasteiger partial charge in [0.15, 0.2) is 0 Å². The molecule has 0 aromatic carbocycles. The number of carbonyl (C=O) groups excluding carboxylic acids is 1. The normalized spacial score (nSPS) is 32.1. The molecule has 2 atom stereocenters. The highest BCUT2D eigenvalue weighted by Crippen LogP contribution is 2.20. The molecule has 2 amide bonds. The van der Waals surface area contributed by atoms with Crippen LogP contribution < -0.4 is 5.32 Å². The molecule has 5 nitrogen and oxygen atoms in total. The first kappa shape index (κ1) is 12.2. The lowest BCUT2D eigenvalue weighted by atomic mass is 10.1. The Morgan fingerprint density at radius 2 is 2.39 bits per heavy atom. The summed E-state index contributed by atoms with van der Waals surface area (Å²) in [6.45, 7) is 5.48. The predicted octanol–water partition coefficient (Wildman–Crippen LogP) is 0.655. The second-order valence-corrected chi connectivity index (χ2v) is 5.56. The quantitative estimate of drug-likeness (QED) is 0.800. The minimum absolute atomic E-state index is 0.244. The summed E-state index contributed by atoms with van der Waals surface area (Å²) < 4.78 is 5.62. The maximum atomic E-state index is 12.2. The van der Waals surface area contributed by atoms with E-state index in [0.717, 1.165) is 52.2 Å². The molecule has 1 N–H and O–H groups in total. The molecule has 0 aromatic rings. The molecule has 3 rings (SSSR count). The van der Waals surface area contributed by atoms with Crippen molar-refractivity contribution in [1.82, 2.24) is 15.1 Å². The summed E-state index contributed by atoms with van der Waals surface area (Å²) >= 11 is 0. The first-order chi connectivity index (χ1) is 8.84. The second kappa shape index (κ2) is 5.45. The average molecular weight is 253 g/mol. The second-order valence-electron chi connectivity index (χ2n) is 5.56. The Kier molecular flexibility index (Phi) is 3.70. The van der Waals surface area contributed by atoms with Gasteiger partial charge in [0.1, 0.15) is 0 Å². The molecular weight excluding hydrogens is 230 g/mol. The molecule has 0 radical (unpaired) electrons. The monoisotopic (exact) mass is 253 g/mol. The zero-order valence-electron chi connectivity index (χ0n) is 10.9. The molecule has 3 heterocycles. The van der Waals surface area contributed by atoms with E-state index in [9.17, 15) is 4.79 Å². The fourth-order valence-corrected chi connectivity index (χ4v) is 3.26. The lowest BCUT2D eigenvalue weighted by Crippen LogP contribution is -2.49. The van der Waals surface area contributed by atoms with Gasteiger partial charge in [-0.1, -0.05) is 0 Å². The van der Waals surface area contributed by atoms with Gasteiger partial charge in [0.05, 0.1) is 12.1 Å². The summed E-state index contributed by atoms with van der Waals surface area (Å²) in [5, 5.41) is 3.36. The number of fused-ring (bicyclic) bond motifs is 1. The van der Waals surface area contributed by atoms with Gasteiger partial charge in [-0.3, -0.25) is 0 Å². The van der Waals surface area contributed by atoms with E-state index in [1.54, 1.807) is 0 Å². The van der Waals surface area contributed by atoms with Gasteiger partial charge >= 0.3 is 6.03 Å². The Labute approximate surface area is 108 Å². The molecule has 18 heavy (non-hydrogen) atoms. The smallest absolute Gasteiger partial charge is 0.320 e. The highest BCUT2D eigenvalue weighted by molar-refractivity contribution is 5.77. The number of carbonyl (C=O) groups is 1. The van der Waals surface area contributed by atoms with E-state index < -0.39 is 0 Å². The van der Waals surface area contributed by atoms with Crippen molar-refractivity contribution >= 4 is 6.03 Å². The van der Waals surface area contributed by atoms with Crippen molar-refractivity contribution in [3.8, 4) is 0 Å². The number of piperazine rings is 1. The summed E-state index contributed by atoms with van der Waals surface area (Å²) in [5.41, 5.74) is 0. The Hall–Kier alpha value is -0.810. The van der Waals surface area contributed by atoms with Crippen molar-refractivity contribution in [3.05, 3.63) is 0 Å². The lowest BCUT2D eigenvalue weighted by Gasteiger charge is -2.28. The highest BCUT2D eigenvalue weighted by atomic mass is 16.5. The molecular formula is C13H23N3O2. The first-order valence-corrected chi connectivity index (χ1v) is 7.22. The number of nitrogens with one attached hydrogen (secondary N) is 1. The van der Waals surface area contributed by atoms with Gasteiger partial charge in [0, 0.05) is 39.3 Å². The maximum Gasteiger partial charge on any atom is 0.320 e. The summed E-state index contributed by atoms with van der Waals surface area (Å²) in [4.78, 5) is 16.2. The van der Waals surface area contributed by atoms with Crippen LogP contribution in [0.2, 0.25) is 0 Å². The molecule has 102 valence electrons.